The predicted octanol–water partition coefficient (Wildman–Crippen LogP) is 0.414. The Morgan fingerprint density at radius 1 is 1.50 bits per heavy atom. The Hall–Kier alpha value is -0.780. The highest BCUT2D eigenvalue weighted by Gasteiger charge is 2.17. The van der Waals surface area contributed by atoms with Gasteiger partial charge >= 0.3 is 0 Å². The van der Waals surface area contributed by atoms with Crippen LogP contribution in [0, 0.1) is 0 Å². The van der Waals surface area contributed by atoms with Gasteiger partial charge in [0.25, 0.3) is 0 Å². The Labute approximate surface area is 88.0 Å². The summed E-state index contributed by atoms with van der Waals surface area (Å²) < 4.78 is 4.94. The standard InChI is InChI=1S/C9H13NO3S/c1-13-7-2-6(3-10-4-7)9(12)8(11)5-14/h2-4,8-9,11-12,14H,5H2,1H3. The van der Waals surface area contributed by atoms with Crippen molar-refractivity contribution < 1.29 is 14.9 Å². The molecule has 0 saturated heterocycles. The maximum atomic E-state index is 9.61. The van der Waals surface area contributed by atoms with Crippen molar-refractivity contribution in [1.82, 2.24) is 4.98 Å². The van der Waals surface area contributed by atoms with E-state index in [2.05, 4.69) is 17.6 Å². The molecule has 14 heavy (non-hydrogen) atoms. The third kappa shape index (κ3) is 2.60. The molecule has 5 heteroatoms. The normalized spacial score (nSPS) is 14.9. The lowest BCUT2D eigenvalue weighted by molar-refractivity contribution is 0.0334. The summed E-state index contributed by atoms with van der Waals surface area (Å²) in [6.07, 6.45) is 1.14. The molecule has 1 heterocycles. The quantitative estimate of drug-likeness (QED) is 0.637. The molecule has 0 aliphatic carbocycles. The topological polar surface area (TPSA) is 62.6 Å². The maximum Gasteiger partial charge on any atom is 0.137 e. The fourth-order valence-electron chi connectivity index (χ4n) is 1.03. The van der Waals surface area contributed by atoms with Crippen LogP contribution in [0.25, 0.3) is 0 Å². The number of rotatable bonds is 4. The minimum absolute atomic E-state index is 0.193. The van der Waals surface area contributed by atoms with E-state index in [1.165, 1.54) is 19.5 Å². The van der Waals surface area contributed by atoms with Crippen molar-refractivity contribution in [3.63, 3.8) is 0 Å². The van der Waals surface area contributed by atoms with E-state index in [0.717, 1.165) is 0 Å². The average Bonchev–Trinajstić information content (AvgIpc) is 2.27. The van der Waals surface area contributed by atoms with Gasteiger partial charge in [0.15, 0.2) is 0 Å². The van der Waals surface area contributed by atoms with Crippen LogP contribution in [0.3, 0.4) is 0 Å². The zero-order valence-electron chi connectivity index (χ0n) is 7.79. The molecule has 4 nitrogen and oxygen atoms in total. The molecule has 1 rings (SSSR count). The number of hydrogen-bond donors (Lipinski definition) is 3. The molecule has 0 aliphatic heterocycles. The molecule has 0 aromatic carbocycles. The first-order chi connectivity index (χ1) is 6.69. The summed E-state index contributed by atoms with van der Waals surface area (Å²) in [6, 6.07) is 1.63. The lowest BCUT2D eigenvalue weighted by Crippen LogP contribution is -2.19. The first-order valence-corrected chi connectivity index (χ1v) is 4.78. The number of ether oxygens (including phenoxy) is 1. The molecular formula is C9H13NO3S. The predicted molar refractivity (Wildman–Crippen MR) is 55.6 cm³/mol. The zero-order valence-corrected chi connectivity index (χ0v) is 8.69. The second-order valence-electron chi connectivity index (χ2n) is 2.85. The van der Waals surface area contributed by atoms with E-state index < -0.39 is 12.2 Å². The summed E-state index contributed by atoms with van der Waals surface area (Å²) >= 11 is 3.89. The van der Waals surface area contributed by atoms with Gasteiger partial charge in [-0.2, -0.15) is 12.6 Å². The van der Waals surface area contributed by atoms with Crippen molar-refractivity contribution >= 4 is 12.6 Å². The fourth-order valence-corrected chi connectivity index (χ4v) is 1.23. The molecule has 0 radical (unpaired) electrons. The number of aliphatic hydroxyl groups excluding tert-OH is 2. The highest BCUT2D eigenvalue weighted by molar-refractivity contribution is 7.80. The summed E-state index contributed by atoms with van der Waals surface area (Å²) in [5.74, 6) is 0.742. The SMILES string of the molecule is COc1cncc(C(O)C(O)CS)c1. The summed E-state index contributed by atoms with van der Waals surface area (Å²) in [6.45, 7) is 0. The first kappa shape index (κ1) is 11.3. The lowest BCUT2D eigenvalue weighted by atomic mass is 10.1. The largest absolute Gasteiger partial charge is 0.495 e. The third-order valence-electron chi connectivity index (χ3n) is 1.86. The number of hydrogen-bond acceptors (Lipinski definition) is 5. The molecule has 0 bridgehead atoms. The molecule has 0 saturated carbocycles. The number of aromatic nitrogens is 1. The Bertz CT molecular complexity index is 295. The minimum Gasteiger partial charge on any atom is -0.495 e. The lowest BCUT2D eigenvalue weighted by Gasteiger charge is -2.15. The van der Waals surface area contributed by atoms with E-state index in [-0.39, 0.29) is 5.75 Å². The van der Waals surface area contributed by atoms with E-state index >= 15 is 0 Å². The van der Waals surface area contributed by atoms with Crippen LogP contribution in [0.4, 0.5) is 0 Å². The van der Waals surface area contributed by atoms with Crippen molar-refractivity contribution in [2.75, 3.05) is 12.9 Å². The number of thiol groups is 1. The van der Waals surface area contributed by atoms with Gasteiger partial charge in [0.1, 0.15) is 11.9 Å². The first-order valence-electron chi connectivity index (χ1n) is 4.15. The number of aliphatic hydroxyl groups is 2. The van der Waals surface area contributed by atoms with Gasteiger partial charge in [-0.15, -0.1) is 0 Å². The van der Waals surface area contributed by atoms with Gasteiger partial charge < -0.3 is 14.9 Å². The maximum absolute atomic E-state index is 9.61. The van der Waals surface area contributed by atoms with Crippen LogP contribution in [0.2, 0.25) is 0 Å². The molecule has 0 amide bonds. The van der Waals surface area contributed by atoms with Crippen LogP contribution in [-0.4, -0.2) is 34.2 Å². The minimum atomic E-state index is -0.977. The molecule has 0 fully saturated rings. The summed E-state index contributed by atoms with van der Waals surface area (Å²) in [7, 11) is 1.52. The van der Waals surface area contributed by atoms with Crippen molar-refractivity contribution in [2.45, 2.75) is 12.2 Å². The van der Waals surface area contributed by atoms with E-state index in [4.69, 9.17) is 4.74 Å². The molecule has 0 spiro atoms. The molecule has 78 valence electrons. The van der Waals surface area contributed by atoms with Crippen LogP contribution in [0.1, 0.15) is 11.7 Å². The molecule has 2 atom stereocenters. The second-order valence-corrected chi connectivity index (χ2v) is 3.22. The van der Waals surface area contributed by atoms with Crippen LogP contribution in [0.5, 0.6) is 5.75 Å². The summed E-state index contributed by atoms with van der Waals surface area (Å²) in [5.41, 5.74) is 0.519. The van der Waals surface area contributed by atoms with Gasteiger partial charge in [0.2, 0.25) is 0 Å². The highest BCUT2D eigenvalue weighted by Crippen LogP contribution is 2.20. The number of methoxy groups -OCH3 is 1. The van der Waals surface area contributed by atoms with Crippen LogP contribution in [-0.2, 0) is 0 Å². The van der Waals surface area contributed by atoms with Crippen molar-refractivity contribution in [3.05, 3.63) is 24.0 Å². The smallest absolute Gasteiger partial charge is 0.137 e. The van der Waals surface area contributed by atoms with Crippen molar-refractivity contribution in [1.29, 1.82) is 0 Å². The van der Waals surface area contributed by atoms with Crippen molar-refractivity contribution in [2.24, 2.45) is 0 Å². The molecule has 2 N–H and O–H groups in total. The van der Waals surface area contributed by atoms with Gasteiger partial charge in [-0.1, -0.05) is 0 Å². The molecular weight excluding hydrogens is 202 g/mol. The van der Waals surface area contributed by atoms with Gasteiger partial charge in [0, 0.05) is 17.5 Å². The second kappa shape index (κ2) is 5.19. The van der Waals surface area contributed by atoms with E-state index in [1.807, 2.05) is 0 Å². The Morgan fingerprint density at radius 2 is 2.21 bits per heavy atom. The van der Waals surface area contributed by atoms with E-state index in [1.54, 1.807) is 6.07 Å². The summed E-state index contributed by atoms with van der Waals surface area (Å²) in [4.78, 5) is 3.87. The van der Waals surface area contributed by atoms with Crippen LogP contribution < -0.4 is 4.74 Å². The Balaban J connectivity index is 2.83. The zero-order chi connectivity index (χ0) is 10.6. The molecule has 0 aliphatic rings. The summed E-state index contributed by atoms with van der Waals surface area (Å²) in [5, 5.41) is 19.0. The Morgan fingerprint density at radius 3 is 2.79 bits per heavy atom. The molecule has 1 aromatic heterocycles. The van der Waals surface area contributed by atoms with Crippen LogP contribution >= 0.6 is 12.6 Å². The molecule has 1 aromatic rings. The molecule has 2 unspecified atom stereocenters. The van der Waals surface area contributed by atoms with Gasteiger partial charge in [-0.05, 0) is 6.07 Å². The van der Waals surface area contributed by atoms with Gasteiger partial charge in [0.05, 0.1) is 19.4 Å². The van der Waals surface area contributed by atoms with Gasteiger partial charge in [-0.3, -0.25) is 4.98 Å². The van der Waals surface area contributed by atoms with E-state index in [0.29, 0.717) is 11.3 Å². The third-order valence-corrected chi connectivity index (χ3v) is 2.24. The monoisotopic (exact) mass is 215 g/mol. The highest BCUT2D eigenvalue weighted by atomic mass is 32.1. The number of pyridine rings is 1. The van der Waals surface area contributed by atoms with Crippen LogP contribution in [0.15, 0.2) is 18.5 Å². The fraction of sp³-hybridized carbons (Fsp3) is 0.444. The average molecular weight is 215 g/mol. The van der Waals surface area contributed by atoms with Crippen molar-refractivity contribution in [3.8, 4) is 5.75 Å². The Kier molecular flexibility index (Phi) is 4.19. The van der Waals surface area contributed by atoms with Gasteiger partial charge in [-0.25, -0.2) is 0 Å². The van der Waals surface area contributed by atoms with E-state index in [9.17, 15) is 10.2 Å². The number of nitrogens with zero attached hydrogens (tertiary/aromatic N) is 1.